The molecule has 13 heteroatoms. The van der Waals surface area contributed by atoms with Crippen molar-refractivity contribution in [3.63, 3.8) is 0 Å². The number of hydrogen-bond donors (Lipinski definition) is 4. The molecule has 0 saturated carbocycles. The van der Waals surface area contributed by atoms with Crippen LogP contribution in [0.1, 0.15) is 52.0 Å². The summed E-state index contributed by atoms with van der Waals surface area (Å²) in [5.41, 5.74) is 11.4. The first-order valence-electron chi connectivity index (χ1n) is 13.9. The highest BCUT2D eigenvalue weighted by molar-refractivity contribution is 5.92. The van der Waals surface area contributed by atoms with Crippen molar-refractivity contribution in [2.45, 2.75) is 64.6 Å². The fourth-order valence-corrected chi connectivity index (χ4v) is 4.62. The number of hydrogen-bond acceptors (Lipinski definition) is 9. The molecule has 13 nitrogen and oxygen atoms in total. The third-order valence-electron chi connectivity index (χ3n) is 7.23. The molecule has 42 heavy (non-hydrogen) atoms. The summed E-state index contributed by atoms with van der Waals surface area (Å²) in [5.74, 6) is -2.41. The SMILES string of the molecule is C[C@@H]1NC(=O)[C@H](CCC(N)=O)OC(=O)C(C)(C)/C=C/c2ccc3ccc(nc3c2)N(C)NC(=O)[C@@H]2CCCN(N2)C1=O. The van der Waals surface area contributed by atoms with E-state index in [4.69, 9.17) is 10.5 Å². The van der Waals surface area contributed by atoms with Crippen LogP contribution in [0.5, 0.6) is 0 Å². The molecule has 2 aliphatic heterocycles. The van der Waals surface area contributed by atoms with E-state index in [2.05, 4.69) is 21.2 Å². The number of benzene rings is 1. The molecular formula is C29H37N7O6. The van der Waals surface area contributed by atoms with Crippen LogP contribution in [0.4, 0.5) is 5.82 Å². The Morgan fingerprint density at radius 2 is 1.88 bits per heavy atom. The molecule has 3 atom stereocenters. The minimum Gasteiger partial charge on any atom is -0.452 e. The predicted molar refractivity (Wildman–Crippen MR) is 155 cm³/mol. The second-order valence-electron chi connectivity index (χ2n) is 11.2. The first-order chi connectivity index (χ1) is 19.8. The van der Waals surface area contributed by atoms with Gasteiger partial charge in [-0.15, -0.1) is 0 Å². The van der Waals surface area contributed by atoms with Crippen LogP contribution in [0.15, 0.2) is 36.4 Å². The highest BCUT2D eigenvalue weighted by Gasteiger charge is 2.35. The Bertz CT molecular complexity index is 1420. The van der Waals surface area contributed by atoms with Crippen LogP contribution < -0.4 is 26.9 Å². The van der Waals surface area contributed by atoms with E-state index in [1.807, 2.05) is 24.3 Å². The number of ether oxygens (including phenoxy) is 1. The van der Waals surface area contributed by atoms with Crippen molar-refractivity contribution in [3.8, 4) is 0 Å². The summed E-state index contributed by atoms with van der Waals surface area (Å²) in [6, 6.07) is 7.58. The van der Waals surface area contributed by atoms with Crippen LogP contribution in [0.3, 0.4) is 0 Å². The van der Waals surface area contributed by atoms with Gasteiger partial charge in [-0.1, -0.05) is 24.3 Å². The van der Waals surface area contributed by atoms with Crippen molar-refractivity contribution in [2.75, 3.05) is 18.6 Å². The number of nitrogens with zero attached hydrogens (tertiary/aromatic N) is 3. The summed E-state index contributed by atoms with van der Waals surface area (Å²) < 4.78 is 5.58. The van der Waals surface area contributed by atoms with Gasteiger partial charge in [0.2, 0.25) is 5.91 Å². The summed E-state index contributed by atoms with van der Waals surface area (Å²) in [6.07, 6.45) is 2.75. The van der Waals surface area contributed by atoms with Gasteiger partial charge in [0.25, 0.3) is 17.7 Å². The van der Waals surface area contributed by atoms with Crippen LogP contribution in [-0.2, 0) is 28.7 Å². The molecule has 0 spiro atoms. The number of aromatic nitrogens is 1. The number of carbonyl (C=O) groups is 5. The lowest BCUT2D eigenvalue weighted by Gasteiger charge is -2.35. The highest BCUT2D eigenvalue weighted by atomic mass is 16.5. The number of anilines is 1. The number of nitrogens with two attached hydrogens (primary N) is 1. The molecule has 1 aromatic carbocycles. The molecule has 4 rings (SSSR count). The van der Waals surface area contributed by atoms with Crippen molar-refractivity contribution in [2.24, 2.45) is 11.1 Å². The molecule has 224 valence electrons. The fraction of sp³-hybridized carbons (Fsp3) is 0.448. The molecule has 0 aliphatic carbocycles. The van der Waals surface area contributed by atoms with Gasteiger partial charge < -0.3 is 15.8 Å². The molecular weight excluding hydrogens is 542 g/mol. The molecule has 0 radical (unpaired) electrons. The van der Waals surface area contributed by atoms with E-state index >= 15 is 0 Å². The second kappa shape index (κ2) is 12.6. The third kappa shape index (κ3) is 7.21. The monoisotopic (exact) mass is 579 g/mol. The van der Waals surface area contributed by atoms with E-state index in [1.54, 1.807) is 39.1 Å². The number of amides is 4. The van der Waals surface area contributed by atoms with Crippen molar-refractivity contribution >= 4 is 52.4 Å². The first kappa shape index (κ1) is 30.4. The Kier molecular flexibility index (Phi) is 9.10. The van der Waals surface area contributed by atoms with Gasteiger partial charge in [0.15, 0.2) is 6.10 Å². The maximum Gasteiger partial charge on any atom is 0.316 e. The maximum atomic E-state index is 13.2. The minimum atomic E-state index is -1.35. The summed E-state index contributed by atoms with van der Waals surface area (Å²) in [6.45, 7) is 5.10. The van der Waals surface area contributed by atoms with Crippen molar-refractivity contribution in [1.29, 1.82) is 0 Å². The Morgan fingerprint density at radius 1 is 1.14 bits per heavy atom. The van der Waals surface area contributed by atoms with Gasteiger partial charge in [-0.05, 0) is 57.4 Å². The Labute approximate surface area is 243 Å². The maximum absolute atomic E-state index is 13.2. The number of primary amides is 1. The molecule has 0 unspecified atom stereocenters. The van der Waals surface area contributed by atoms with Gasteiger partial charge in [0.05, 0.1) is 10.9 Å². The van der Waals surface area contributed by atoms with Crippen molar-refractivity contribution in [3.05, 3.63) is 42.0 Å². The quantitative estimate of drug-likeness (QED) is 0.386. The third-order valence-corrected chi connectivity index (χ3v) is 7.23. The van der Waals surface area contributed by atoms with Crippen molar-refractivity contribution < 1.29 is 28.7 Å². The normalized spacial score (nSPS) is 24.5. The zero-order chi connectivity index (χ0) is 30.6. The van der Waals surface area contributed by atoms with E-state index in [9.17, 15) is 24.0 Å². The number of fused-ring (bicyclic) bond motifs is 4. The number of nitrogens with one attached hydrogen (secondary N) is 3. The zero-order valence-corrected chi connectivity index (χ0v) is 24.2. The van der Waals surface area contributed by atoms with Crippen LogP contribution in [0.25, 0.3) is 17.0 Å². The van der Waals surface area contributed by atoms with Gasteiger partial charge in [-0.2, -0.15) is 0 Å². The fourth-order valence-electron chi connectivity index (χ4n) is 4.62. The van der Waals surface area contributed by atoms with E-state index in [0.717, 1.165) is 10.9 Å². The van der Waals surface area contributed by atoms with Crippen LogP contribution in [0.2, 0.25) is 0 Å². The highest BCUT2D eigenvalue weighted by Crippen LogP contribution is 2.25. The number of cyclic esters (lactones) is 1. The molecule has 1 aromatic heterocycles. The second-order valence-corrected chi connectivity index (χ2v) is 11.2. The van der Waals surface area contributed by atoms with Gasteiger partial charge in [-0.3, -0.25) is 39.4 Å². The minimum absolute atomic E-state index is 0.149. The number of hydrazine groups is 2. The average Bonchev–Trinajstić information content (AvgIpc) is 2.96. The van der Waals surface area contributed by atoms with Gasteiger partial charge in [-0.25, -0.2) is 10.4 Å². The predicted octanol–water partition coefficient (Wildman–Crippen LogP) is 0.933. The van der Waals surface area contributed by atoms with Crippen molar-refractivity contribution in [1.82, 2.24) is 26.2 Å². The summed E-state index contributed by atoms with van der Waals surface area (Å²) in [4.78, 5) is 68.8. The largest absolute Gasteiger partial charge is 0.452 e. The molecule has 5 N–H and O–H groups in total. The summed E-state index contributed by atoms with van der Waals surface area (Å²) in [5, 5.41) is 6.28. The smallest absolute Gasteiger partial charge is 0.316 e. The van der Waals surface area contributed by atoms with E-state index in [0.29, 0.717) is 30.7 Å². The van der Waals surface area contributed by atoms with Gasteiger partial charge in [0, 0.05) is 31.8 Å². The Hall–Kier alpha value is -4.52. The molecule has 4 amide bonds. The number of esters is 1. The topological polar surface area (TPSA) is 176 Å². The standard InChI is InChI=1S/C29H37N7O6/c1-17-27(40)36-15-5-6-20(33-36)25(38)34-35(4)24-12-9-19-8-7-18(16-21(19)32-24)13-14-29(2,3)28(41)42-22(26(39)31-17)10-11-23(30)37/h7-9,12-14,16-17,20,22,33H,5-6,10-11,15H2,1-4H3,(H2,30,37)(H,31,39)(H,34,38)/b14-13+/t17-,20-,22-/m0/s1. The molecule has 3 heterocycles. The van der Waals surface area contributed by atoms with Gasteiger partial charge >= 0.3 is 5.97 Å². The average molecular weight is 580 g/mol. The Balaban J connectivity index is 1.69. The summed E-state index contributed by atoms with van der Waals surface area (Å²) in [7, 11) is 1.68. The van der Waals surface area contributed by atoms with Crippen LogP contribution >= 0.6 is 0 Å². The Morgan fingerprint density at radius 3 is 2.62 bits per heavy atom. The molecule has 1 saturated heterocycles. The first-order valence-corrected chi connectivity index (χ1v) is 13.9. The molecule has 2 aromatic rings. The van der Waals surface area contributed by atoms with Crippen LogP contribution in [0, 0.1) is 5.41 Å². The molecule has 5 bridgehead atoms. The number of carbonyl (C=O) groups excluding carboxylic acids is 5. The van der Waals surface area contributed by atoms with Crippen LogP contribution in [-0.4, -0.2) is 71.4 Å². The van der Waals surface area contributed by atoms with E-state index < -0.39 is 47.3 Å². The van der Waals surface area contributed by atoms with E-state index in [1.165, 1.54) is 16.9 Å². The number of pyridine rings is 1. The number of rotatable bonds is 3. The zero-order valence-electron chi connectivity index (χ0n) is 24.2. The lowest BCUT2D eigenvalue weighted by atomic mass is 9.92. The lowest BCUT2D eigenvalue weighted by molar-refractivity contribution is -0.163. The van der Waals surface area contributed by atoms with Gasteiger partial charge in [0.1, 0.15) is 17.9 Å². The van der Waals surface area contributed by atoms with E-state index in [-0.39, 0.29) is 18.7 Å². The lowest BCUT2D eigenvalue weighted by Crippen LogP contribution is -2.62. The molecule has 2 aliphatic rings. The molecule has 1 fully saturated rings. The summed E-state index contributed by atoms with van der Waals surface area (Å²) >= 11 is 0.